The van der Waals surface area contributed by atoms with Crippen LogP contribution >= 0.6 is 46.5 Å². The number of thiazole rings is 1. The topological polar surface area (TPSA) is 12.9 Å². The molecular formula is C9H12ClNS3. The molecule has 1 aliphatic rings. The van der Waals surface area contributed by atoms with Gasteiger partial charge < -0.3 is 0 Å². The molecule has 1 saturated heterocycles. The standard InChI is InChI=1S/C9H12ClNS3/c1-6-8(13-3-2-12-6)9-11-5-7(4-10)14-9/h5-6,8H,2-4H2,1H3. The van der Waals surface area contributed by atoms with Gasteiger partial charge in [0, 0.05) is 27.8 Å². The molecule has 2 heterocycles. The summed E-state index contributed by atoms with van der Waals surface area (Å²) in [5.41, 5.74) is 0. The highest BCUT2D eigenvalue weighted by atomic mass is 35.5. The van der Waals surface area contributed by atoms with E-state index in [1.165, 1.54) is 21.4 Å². The molecule has 0 radical (unpaired) electrons. The fraction of sp³-hybridized carbons (Fsp3) is 0.667. The van der Waals surface area contributed by atoms with Gasteiger partial charge in [-0.2, -0.15) is 11.8 Å². The van der Waals surface area contributed by atoms with Gasteiger partial charge in [-0.15, -0.1) is 34.7 Å². The van der Waals surface area contributed by atoms with Gasteiger partial charge in [0.25, 0.3) is 0 Å². The molecule has 0 N–H and O–H groups in total. The van der Waals surface area contributed by atoms with Crippen molar-refractivity contribution in [1.29, 1.82) is 0 Å². The third-order valence-electron chi connectivity index (χ3n) is 2.13. The van der Waals surface area contributed by atoms with Gasteiger partial charge >= 0.3 is 0 Å². The van der Waals surface area contributed by atoms with Crippen molar-refractivity contribution in [3.63, 3.8) is 0 Å². The lowest BCUT2D eigenvalue weighted by Gasteiger charge is -2.25. The SMILES string of the molecule is CC1SCCSC1c1ncc(CCl)s1. The minimum atomic E-state index is 0.579. The van der Waals surface area contributed by atoms with E-state index in [9.17, 15) is 0 Å². The van der Waals surface area contributed by atoms with E-state index in [0.717, 1.165) is 0 Å². The first-order valence-corrected chi connectivity index (χ1v) is 8.00. The van der Waals surface area contributed by atoms with Crippen molar-refractivity contribution < 1.29 is 0 Å². The molecule has 14 heavy (non-hydrogen) atoms. The van der Waals surface area contributed by atoms with E-state index in [-0.39, 0.29) is 0 Å². The Morgan fingerprint density at radius 2 is 2.29 bits per heavy atom. The minimum Gasteiger partial charge on any atom is -0.248 e. The van der Waals surface area contributed by atoms with Crippen molar-refractivity contribution in [2.45, 2.75) is 23.3 Å². The van der Waals surface area contributed by atoms with E-state index in [2.05, 4.69) is 23.7 Å². The monoisotopic (exact) mass is 265 g/mol. The highest BCUT2D eigenvalue weighted by Gasteiger charge is 2.26. The number of halogens is 1. The van der Waals surface area contributed by atoms with Crippen LogP contribution in [0.3, 0.4) is 0 Å². The number of rotatable bonds is 2. The lowest BCUT2D eigenvalue weighted by molar-refractivity contribution is 0.895. The quantitative estimate of drug-likeness (QED) is 0.755. The molecule has 0 bridgehead atoms. The smallest absolute Gasteiger partial charge is 0.107 e. The van der Waals surface area contributed by atoms with Gasteiger partial charge in [-0.05, 0) is 0 Å². The summed E-state index contributed by atoms with van der Waals surface area (Å²) >= 11 is 11.6. The number of thioether (sulfide) groups is 2. The van der Waals surface area contributed by atoms with Gasteiger partial charge in [-0.1, -0.05) is 6.92 Å². The predicted octanol–water partition coefficient (Wildman–Crippen LogP) is 3.79. The van der Waals surface area contributed by atoms with Crippen LogP contribution in [0.15, 0.2) is 6.20 Å². The third kappa shape index (κ3) is 2.40. The third-order valence-corrected chi connectivity index (χ3v) is 6.91. The summed E-state index contributed by atoms with van der Waals surface area (Å²) in [6, 6.07) is 0. The van der Waals surface area contributed by atoms with Gasteiger partial charge in [0.1, 0.15) is 5.01 Å². The Labute approximate surface area is 102 Å². The molecule has 78 valence electrons. The average Bonchev–Trinajstić information content (AvgIpc) is 2.67. The highest BCUT2D eigenvalue weighted by Crippen LogP contribution is 2.43. The molecule has 1 aliphatic heterocycles. The summed E-state index contributed by atoms with van der Waals surface area (Å²) in [4.78, 5) is 5.65. The Balaban J connectivity index is 2.12. The van der Waals surface area contributed by atoms with Gasteiger partial charge in [-0.3, -0.25) is 0 Å². The summed E-state index contributed by atoms with van der Waals surface area (Å²) in [6.07, 6.45) is 1.92. The van der Waals surface area contributed by atoms with E-state index in [1.54, 1.807) is 11.3 Å². The Hall–Kier alpha value is 0.620. The molecule has 0 amide bonds. The van der Waals surface area contributed by atoms with Crippen LogP contribution in [0.1, 0.15) is 22.1 Å². The summed E-state index contributed by atoms with van der Waals surface area (Å²) in [5, 5.41) is 2.52. The predicted molar refractivity (Wildman–Crippen MR) is 68.8 cm³/mol. The second-order valence-electron chi connectivity index (χ2n) is 3.17. The summed E-state index contributed by atoms with van der Waals surface area (Å²) < 4.78 is 0. The molecule has 2 atom stereocenters. The first-order chi connectivity index (χ1) is 6.81. The first kappa shape index (κ1) is 11.1. The molecule has 0 saturated carbocycles. The largest absolute Gasteiger partial charge is 0.248 e. The maximum atomic E-state index is 5.77. The first-order valence-electron chi connectivity index (χ1n) is 4.55. The lowest BCUT2D eigenvalue weighted by Crippen LogP contribution is -2.15. The van der Waals surface area contributed by atoms with E-state index in [4.69, 9.17) is 11.6 Å². The van der Waals surface area contributed by atoms with Gasteiger partial charge in [-0.25, -0.2) is 4.98 Å². The molecule has 1 nitrogen and oxygen atoms in total. The van der Waals surface area contributed by atoms with Crippen molar-refractivity contribution in [2.24, 2.45) is 0 Å². The maximum absolute atomic E-state index is 5.77. The zero-order chi connectivity index (χ0) is 9.97. The van der Waals surface area contributed by atoms with Crippen LogP contribution in [0.25, 0.3) is 0 Å². The van der Waals surface area contributed by atoms with Crippen LogP contribution in [-0.2, 0) is 5.88 Å². The molecular weight excluding hydrogens is 254 g/mol. The minimum absolute atomic E-state index is 0.579. The van der Waals surface area contributed by atoms with E-state index < -0.39 is 0 Å². The second kappa shape index (κ2) is 5.10. The molecule has 1 aromatic heterocycles. The Morgan fingerprint density at radius 3 is 2.93 bits per heavy atom. The zero-order valence-electron chi connectivity index (χ0n) is 7.90. The summed E-state index contributed by atoms with van der Waals surface area (Å²) in [7, 11) is 0. The van der Waals surface area contributed by atoms with Crippen molar-refractivity contribution in [3.8, 4) is 0 Å². The number of hydrogen-bond acceptors (Lipinski definition) is 4. The van der Waals surface area contributed by atoms with E-state index in [1.807, 2.05) is 18.0 Å². The second-order valence-corrected chi connectivity index (χ2v) is 7.31. The molecule has 2 unspecified atom stereocenters. The van der Waals surface area contributed by atoms with Crippen molar-refractivity contribution >= 4 is 46.5 Å². The number of aromatic nitrogens is 1. The van der Waals surface area contributed by atoms with Crippen LogP contribution < -0.4 is 0 Å². The Kier molecular flexibility index (Phi) is 4.05. The Morgan fingerprint density at radius 1 is 1.50 bits per heavy atom. The fourth-order valence-corrected chi connectivity index (χ4v) is 5.59. The van der Waals surface area contributed by atoms with Gasteiger partial charge in [0.2, 0.25) is 0 Å². The van der Waals surface area contributed by atoms with Crippen LogP contribution in [0.4, 0.5) is 0 Å². The molecule has 1 fully saturated rings. The maximum Gasteiger partial charge on any atom is 0.107 e. The highest BCUT2D eigenvalue weighted by molar-refractivity contribution is 8.06. The van der Waals surface area contributed by atoms with Crippen LogP contribution in [0.5, 0.6) is 0 Å². The van der Waals surface area contributed by atoms with Crippen molar-refractivity contribution in [3.05, 3.63) is 16.1 Å². The normalized spacial score (nSPS) is 27.9. The summed E-state index contributed by atoms with van der Waals surface area (Å²) in [6.45, 7) is 2.29. The zero-order valence-corrected chi connectivity index (χ0v) is 11.1. The average molecular weight is 266 g/mol. The van der Waals surface area contributed by atoms with Crippen LogP contribution in [-0.4, -0.2) is 21.7 Å². The van der Waals surface area contributed by atoms with Crippen LogP contribution in [0.2, 0.25) is 0 Å². The van der Waals surface area contributed by atoms with Crippen molar-refractivity contribution in [1.82, 2.24) is 4.98 Å². The van der Waals surface area contributed by atoms with Gasteiger partial charge in [0.05, 0.1) is 11.1 Å². The number of hydrogen-bond donors (Lipinski definition) is 0. The molecule has 0 spiro atoms. The van der Waals surface area contributed by atoms with Crippen molar-refractivity contribution in [2.75, 3.05) is 11.5 Å². The number of alkyl halides is 1. The fourth-order valence-electron chi connectivity index (χ4n) is 1.42. The molecule has 0 aromatic carbocycles. The molecule has 0 aliphatic carbocycles. The lowest BCUT2D eigenvalue weighted by atomic mass is 10.3. The van der Waals surface area contributed by atoms with Gasteiger partial charge in [0.15, 0.2) is 0 Å². The Bertz CT molecular complexity index is 302. The van der Waals surface area contributed by atoms with Crippen LogP contribution in [0, 0.1) is 0 Å². The summed E-state index contributed by atoms with van der Waals surface area (Å²) in [5.74, 6) is 3.11. The molecule has 1 aromatic rings. The number of nitrogens with zero attached hydrogens (tertiary/aromatic N) is 1. The molecule has 2 rings (SSSR count). The molecule has 5 heteroatoms. The van der Waals surface area contributed by atoms with E-state index >= 15 is 0 Å². The van der Waals surface area contributed by atoms with E-state index in [0.29, 0.717) is 16.4 Å².